The van der Waals surface area contributed by atoms with Crippen LogP contribution in [0.3, 0.4) is 0 Å². The summed E-state index contributed by atoms with van der Waals surface area (Å²) in [6, 6.07) is 12.8. The maximum atomic E-state index is 14.1. The average molecular weight is 433 g/mol. The summed E-state index contributed by atoms with van der Waals surface area (Å²) < 4.78 is 55.6. The van der Waals surface area contributed by atoms with Crippen LogP contribution in [0.1, 0.15) is 87.3 Å². The van der Waals surface area contributed by atoms with Crippen molar-refractivity contribution in [3.63, 3.8) is 0 Å². The van der Waals surface area contributed by atoms with Crippen molar-refractivity contribution in [1.29, 1.82) is 0 Å². The molecule has 2 aromatic carbocycles. The van der Waals surface area contributed by atoms with Crippen molar-refractivity contribution in [2.45, 2.75) is 88.9 Å². The van der Waals surface area contributed by atoms with Crippen LogP contribution in [0.4, 0.5) is 17.6 Å². The van der Waals surface area contributed by atoms with Gasteiger partial charge in [0.2, 0.25) is 0 Å². The van der Waals surface area contributed by atoms with Gasteiger partial charge >= 0.3 is 11.8 Å². The van der Waals surface area contributed by atoms with E-state index in [-0.39, 0.29) is 6.42 Å². The van der Waals surface area contributed by atoms with Crippen molar-refractivity contribution in [1.82, 2.24) is 0 Å². The predicted octanol–water partition coefficient (Wildman–Crippen LogP) is 8.88. The summed E-state index contributed by atoms with van der Waals surface area (Å²) in [6.07, 6.45) is 9.58. The van der Waals surface area contributed by atoms with E-state index in [1.54, 1.807) is 12.1 Å². The molecule has 1 fully saturated rings. The molecule has 0 aliphatic heterocycles. The lowest BCUT2D eigenvalue weighted by molar-refractivity contribution is -0.224. The summed E-state index contributed by atoms with van der Waals surface area (Å²) in [6.45, 7) is 2.25. The van der Waals surface area contributed by atoms with Crippen molar-refractivity contribution in [2.24, 2.45) is 5.92 Å². The van der Waals surface area contributed by atoms with Crippen LogP contribution in [0.25, 0.3) is 11.1 Å². The standard InChI is InChI=1S/C27H32F4/c1-2-3-4-5-19-6-8-20(9-7-19)21-10-12-22(13-11-21)23-14-15-25-24(18-23)16-17-26(28,29)27(25,30)31/h10-15,18-20H,2-9,16-17H2,1H3. The second kappa shape index (κ2) is 8.96. The van der Waals surface area contributed by atoms with Crippen molar-refractivity contribution in [2.75, 3.05) is 0 Å². The fourth-order valence-corrected chi connectivity index (χ4v) is 5.35. The largest absolute Gasteiger partial charge is 0.335 e. The first-order valence-electron chi connectivity index (χ1n) is 11.8. The monoisotopic (exact) mass is 432 g/mol. The van der Waals surface area contributed by atoms with Crippen LogP contribution < -0.4 is 0 Å². The number of alkyl halides is 4. The molecule has 0 aromatic heterocycles. The first kappa shape index (κ1) is 22.4. The molecule has 0 saturated heterocycles. The van der Waals surface area contributed by atoms with Gasteiger partial charge in [0.05, 0.1) is 0 Å². The van der Waals surface area contributed by atoms with Gasteiger partial charge in [0.1, 0.15) is 0 Å². The van der Waals surface area contributed by atoms with E-state index >= 15 is 0 Å². The quantitative estimate of drug-likeness (QED) is 0.316. The maximum Gasteiger partial charge on any atom is 0.335 e. The molecule has 0 amide bonds. The minimum atomic E-state index is -4.10. The summed E-state index contributed by atoms with van der Waals surface area (Å²) >= 11 is 0. The Labute approximate surface area is 183 Å². The lowest BCUT2D eigenvalue weighted by atomic mass is 9.77. The van der Waals surface area contributed by atoms with Gasteiger partial charge in [0.25, 0.3) is 0 Å². The van der Waals surface area contributed by atoms with Crippen molar-refractivity contribution in [3.05, 3.63) is 59.2 Å². The molecular weight excluding hydrogens is 400 g/mol. The smallest absolute Gasteiger partial charge is 0.199 e. The van der Waals surface area contributed by atoms with E-state index in [0.717, 1.165) is 17.0 Å². The van der Waals surface area contributed by atoms with Gasteiger partial charge in [-0.1, -0.05) is 75.1 Å². The fourth-order valence-electron chi connectivity index (χ4n) is 5.35. The minimum Gasteiger partial charge on any atom is -0.199 e. The van der Waals surface area contributed by atoms with Gasteiger partial charge in [-0.25, -0.2) is 0 Å². The molecule has 168 valence electrons. The van der Waals surface area contributed by atoms with Crippen molar-refractivity contribution < 1.29 is 17.6 Å². The average Bonchev–Trinajstić information content (AvgIpc) is 2.77. The molecule has 0 nitrogen and oxygen atoms in total. The number of halogens is 4. The van der Waals surface area contributed by atoms with E-state index in [2.05, 4.69) is 19.1 Å². The van der Waals surface area contributed by atoms with Gasteiger partial charge in [0, 0.05) is 12.0 Å². The molecule has 0 radical (unpaired) electrons. The van der Waals surface area contributed by atoms with Gasteiger partial charge in [-0.3, -0.25) is 0 Å². The van der Waals surface area contributed by atoms with Crippen LogP contribution in [0.2, 0.25) is 0 Å². The highest BCUT2D eigenvalue weighted by molar-refractivity contribution is 5.66. The molecular formula is C27H32F4. The summed E-state index contributed by atoms with van der Waals surface area (Å²) in [5.41, 5.74) is 2.91. The molecule has 0 N–H and O–H groups in total. The number of benzene rings is 2. The molecule has 0 bridgehead atoms. The number of hydrogen-bond donors (Lipinski definition) is 0. The molecule has 4 rings (SSSR count). The lowest BCUT2D eigenvalue weighted by Crippen LogP contribution is -2.42. The molecule has 2 aliphatic rings. The number of rotatable bonds is 6. The van der Waals surface area contributed by atoms with E-state index in [1.807, 2.05) is 12.1 Å². The van der Waals surface area contributed by atoms with Gasteiger partial charge in [-0.05, 0) is 66.2 Å². The third-order valence-electron chi connectivity index (χ3n) is 7.39. The fraction of sp³-hybridized carbons (Fsp3) is 0.556. The zero-order valence-electron chi connectivity index (χ0n) is 18.3. The SMILES string of the molecule is CCCCCC1CCC(c2ccc(-c3ccc4c(c3)CCC(F)(F)C4(F)F)cc2)CC1. The molecule has 2 aliphatic carbocycles. The first-order valence-corrected chi connectivity index (χ1v) is 11.8. The van der Waals surface area contributed by atoms with E-state index in [1.165, 1.54) is 63.0 Å². The molecule has 4 heteroatoms. The highest BCUT2D eigenvalue weighted by atomic mass is 19.3. The Morgan fingerprint density at radius 1 is 0.839 bits per heavy atom. The van der Waals surface area contributed by atoms with Gasteiger partial charge < -0.3 is 0 Å². The van der Waals surface area contributed by atoms with Crippen LogP contribution in [-0.2, 0) is 12.3 Å². The van der Waals surface area contributed by atoms with Crippen LogP contribution >= 0.6 is 0 Å². The van der Waals surface area contributed by atoms with Gasteiger partial charge in [-0.15, -0.1) is 0 Å². The number of aryl methyl sites for hydroxylation is 1. The summed E-state index contributed by atoms with van der Waals surface area (Å²) in [7, 11) is 0. The van der Waals surface area contributed by atoms with E-state index in [0.29, 0.717) is 11.5 Å². The Morgan fingerprint density at radius 3 is 2.19 bits per heavy atom. The summed E-state index contributed by atoms with van der Waals surface area (Å²) in [5, 5.41) is 0. The Morgan fingerprint density at radius 2 is 1.52 bits per heavy atom. The zero-order chi connectivity index (χ0) is 22.1. The summed E-state index contributed by atoms with van der Waals surface area (Å²) in [4.78, 5) is 0. The second-order valence-electron chi connectivity index (χ2n) is 9.49. The predicted molar refractivity (Wildman–Crippen MR) is 118 cm³/mol. The molecule has 0 unspecified atom stereocenters. The van der Waals surface area contributed by atoms with E-state index in [4.69, 9.17) is 0 Å². The van der Waals surface area contributed by atoms with Gasteiger partial charge in [-0.2, -0.15) is 17.6 Å². The highest BCUT2D eigenvalue weighted by Gasteiger charge is 2.59. The van der Waals surface area contributed by atoms with E-state index < -0.39 is 23.8 Å². The van der Waals surface area contributed by atoms with Crippen LogP contribution in [0.5, 0.6) is 0 Å². The van der Waals surface area contributed by atoms with Crippen LogP contribution in [0.15, 0.2) is 42.5 Å². The molecule has 31 heavy (non-hydrogen) atoms. The molecule has 0 atom stereocenters. The minimum absolute atomic E-state index is 0.0225. The zero-order valence-corrected chi connectivity index (χ0v) is 18.3. The number of hydrogen-bond acceptors (Lipinski definition) is 0. The molecule has 1 saturated carbocycles. The normalized spacial score (nSPS) is 24.5. The van der Waals surface area contributed by atoms with Crippen molar-refractivity contribution in [3.8, 4) is 11.1 Å². The molecule has 0 spiro atoms. The third-order valence-corrected chi connectivity index (χ3v) is 7.39. The Bertz CT molecular complexity index is 877. The Balaban J connectivity index is 1.43. The van der Waals surface area contributed by atoms with Crippen molar-refractivity contribution >= 4 is 0 Å². The summed E-state index contributed by atoms with van der Waals surface area (Å²) in [5.74, 6) is -6.60. The third kappa shape index (κ3) is 4.54. The second-order valence-corrected chi connectivity index (χ2v) is 9.49. The van der Waals surface area contributed by atoms with Crippen LogP contribution in [0, 0.1) is 5.92 Å². The Kier molecular flexibility index (Phi) is 6.46. The molecule has 0 heterocycles. The lowest BCUT2D eigenvalue weighted by Gasteiger charge is -2.33. The number of unbranched alkanes of at least 4 members (excludes halogenated alkanes) is 2. The Hall–Kier alpha value is -1.84. The van der Waals surface area contributed by atoms with Crippen LogP contribution in [-0.4, -0.2) is 5.92 Å². The molecule has 2 aromatic rings. The highest BCUT2D eigenvalue weighted by Crippen LogP contribution is 2.50. The topological polar surface area (TPSA) is 0 Å². The number of fused-ring (bicyclic) bond motifs is 1. The van der Waals surface area contributed by atoms with Gasteiger partial charge in [0.15, 0.2) is 0 Å². The maximum absolute atomic E-state index is 14.1. The first-order chi connectivity index (χ1) is 14.8. The van der Waals surface area contributed by atoms with E-state index in [9.17, 15) is 17.6 Å².